The molecular formula is C14H13N7O. The van der Waals surface area contributed by atoms with E-state index in [9.17, 15) is 0 Å². The van der Waals surface area contributed by atoms with E-state index in [1.165, 1.54) is 0 Å². The van der Waals surface area contributed by atoms with Crippen LogP contribution in [-0.4, -0.2) is 35.3 Å². The summed E-state index contributed by atoms with van der Waals surface area (Å²) in [6.07, 6.45) is 3.36. The number of rotatable bonds is 3. The number of nitrogens with zero attached hydrogens (tertiary/aromatic N) is 6. The molecule has 0 atom stereocenters. The summed E-state index contributed by atoms with van der Waals surface area (Å²) in [6, 6.07) is 6.05. The van der Waals surface area contributed by atoms with Crippen molar-refractivity contribution in [3.05, 3.63) is 30.6 Å². The number of nitrogens with one attached hydrogen (secondary N) is 1. The molecule has 0 saturated carbocycles. The summed E-state index contributed by atoms with van der Waals surface area (Å²) in [5.41, 5.74) is 3.37. The van der Waals surface area contributed by atoms with E-state index in [2.05, 4.69) is 44.5 Å². The summed E-state index contributed by atoms with van der Waals surface area (Å²) < 4.78 is 7.20. The number of hydrogen-bond donors (Lipinski definition) is 1. The number of hydrogen-bond acceptors (Lipinski definition) is 6. The Morgan fingerprint density at radius 1 is 1.23 bits per heavy atom. The average molecular weight is 295 g/mol. The molecule has 0 unspecified atom stereocenters. The van der Waals surface area contributed by atoms with Crippen molar-refractivity contribution in [1.29, 1.82) is 0 Å². The van der Waals surface area contributed by atoms with Gasteiger partial charge in [0.05, 0.1) is 17.3 Å². The van der Waals surface area contributed by atoms with Gasteiger partial charge in [-0.3, -0.25) is 5.10 Å². The van der Waals surface area contributed by atoms with Crippen LogP contribution in [0.5, 0.6) is 0 Å². The Bertz CT molecular complexity index is 920. The number of aromatic amines is 1. The third kappa shape index (κ3) is 1.96. The SMILES string of the molecule is CC(C)n1nnc2cc(-c3nc(-c4cn[nH]c4)no3)ccc21. The van der Waals surface area contributed by atoms with Crippen molar-refractivity contribution < 1.29 is 4.52 Å². The van der Waals surface area contributed by atoms with Crippen LogP contribution < -0.4 is 0 Å². The van der Waals surface area contributed by atoms with Crippen LogP contribution in [0.25, 0.3) is 33.9 Å². The molecule has 110 valence electrons. The monoisotopic (exact) mass is 295 g/mol. The van der Waals surface area contributed by atoms with E-state index < -0.39 is 0 Å². The molecule has 4 aromatic rings. The first-order valence-corrected chi connectivity index (χ1v) is 6.90. The molecule has 0 bridgehead atoms. The van der Waals surface area contributed by atoms with Crippen LogP contribution >= 0.6 is 0 Å². The standard InChI is InChI=1S/C14H13N7O/c1-8(2)21-12-4-3-9(5-11(12)18-20-21)14-17-13(19-22-14)10-6-15-16-7-10/h3-8H,1-2H3,(H,15,16). The molecule has 4 rings (SSSR count). The first-order chi connectivity index (χ1) is 10.7. The summed E-state index contributed by atoms with van der Waals surface area (Å²) in [6.45, 7) is 4.13. The van der Waals surface area contributed by atoms with Crippen molar-refractivity contribution in [1.82, 2.24) is 35.3 Å². The van der Waals surface area contributed by atoms with Gasteiger partial charge in [-0.25, -0.2) is 4.68 Å². The Morgan fingerprint density at radius 3 is 2.91 bits per heavy atom. The van der Waals surface area contributed by atoms with Crippen LogP contribution in [0, 0.1) is 0 Å². The fraction of sp³-hybridized carbons (Fsp3) is 0.214. The maximum Gasteiger partial charge on any atom is 0.258 e. The third-order valence-electron chi connectivity index (χ3n) is 3.39. The molecule has 1 aromatic carbocycles. The maximum atomic E-state index is 5.32. The first kappa shape index (κ1) is 12.7. The number of fused-ring (bicyclic) bond motifs is 1. The molecule has 0 radical (unpaired) electrons. The smallest absolute Gasteiger partial charge is 0.258 e. The maximum absolute atomic E-state index is 5.32. The van der Waals surface area contributed by atoms with Crippen LogP contribution in [0.15, 0.2) is 35.1 Å². The van der Waals surface area contributed by atoms with Crippen LogP contribution in [0.2, 0.25) is 0 Å². The predicted molar refractivity (Wildman–Crippen MR) is 78.8 cm³/mol. The Kier molecular flexibility index (Phi) is 2.75. The summed E-state index contributed by atoms with van der Waals surface area (Å²) in [5.74, 6) is 0.937. The van der Waals surface area contributed by atoms with Crippen molar-refractivity contribution in [3.63, 3.8) is 0 Å². The molecule has 0 amide bonds. The zero-order chi connectivity index (χ0) is 15.1. The highest BCUT2D eigenvalue weighted by Crippen LogP contribution is 2.25. The van der Waals surface area contributed by atoms with Crippen LogP contribution in [-0.2, 0) is 0 Å². The lowest BCUT2D eigenvalue weighted by Crippen LogP contribution is -2.02. The van der Waals surface area contributed by atoms with Gasteiger partial charge in [0.1, 0.15) is 5.52 Å². The second-order valence-electron chi connectivity index (χ2n) is 5.24. The van der Waals surface area contributed by atoms with Gasteiger partial charge in [-0.05, 0) is 32.0 Å². The van der Waals surface area contributed by atoms with Gasteiger partial charge in [0.2, 0.25) is 5.82 Å². The highest BCUT2D eigenvalue weighted by atomic mass is 16.5. The summed E-state index contributed by atoms with van der Waals surface area (Å²) >= 11 is 0. The molecule has 3 aromatic heterocycles. The minimum absolute atomic E-state index is 0.256. The Morgan fingerprint density at radius 2 is 2.14 bits per heavy atom. The summed E-state index contributed by atoms with van der Waals surface area (Å²) in [5, 5.41) is 18.9. The lowest BCUT2D eigenvalue weighted by Gasteiger charge is -2.04. The van der Waals surface area contributed by atoms with Crippen molar-refractivity contribution in [3.8, 4) is 22.8 Å². The van der Waals surface area contributed by atoms with Crippen molar-refractivity contribution >= 4 is 11.0 Å². The van der Waals surface area contributed by atoms with E-state index >= 15 is 0 Å². The first-order valence-electron chi connectivity index (χ1n) is 6.90. The largest absolute Gasteiger partial charge is 0.334 e. The summed E-state index contributed by atoms with van der Waals surface area (Å²) in [7, 11) is 0. The van der Waals surface area contributed by atoms with Crippen LogP contribution in [0.4, 0.5) is 0 Å². The molecule has 0 aliphatic heterocycles. The minimum Gasteiger partial charge on any atom is -0.334 e. The number of benzene rings is 1. The van der Waals surface area contributed by atoms with Crippen molar-refractivity contribution in [2.24, 2.45) is 0 Å². The van der Waals surface area contributed by atoms with Gasteiger partial charge in [-0.15, -0.1) is 5.10 Å². The van der Waals surface area contributed by atoms with Gasteiger partial charge in [0.15, 0.2) is 0 Å². The average Bonchev–Trinajstić information content (AvgIpc) is 3.25. The lowest BCUT2D eigenvalue weighted by molar-refractivity contribution is 0.432. The van der Waals surface area contributed by atoms with Gasteiger partial charge >= 0.3 is 0 Å². The number of H-pyrrole nitrogens is 1. The second kappa shape index (κ2) is 4.76. The molecule has 0 aliphatic rings. The predicted octanol–water partition coefficient (Wildman–Crippen LogP) is 2.45. The van der Waals surface area contributed by atoms with Crippen molar-refractivity contribution in [2.45, 2.75) is 19.9 Å². The lowest BCUT2D eigenvalue weighted by atomic mass is 10.2. The van der Waals surface area contributed by atoms with Gasteiger partial charge in [0.25, 0.3) is 5.89 Å². The van der Waals surface area contributed by atoms with E-state index in [0.29, 0.717) is 11.7 Å². The fourth-order valence-corrected chi connectivity index (χ4v) is 2.29. The third-order valence-corrected chi connectivity index (χ3v) is 3.39. The fourth-order valence-electron chi connectivity index (χ4n) is 2.29. The Labute approximate surface area is 125 Å². The quantitative estimate of drug-likeness (QED) is 0.623. The Hall–Kier alpha value is -3.03. The van der Waals surface area contributed by atoms with Gasteiger partial charge in [-0.1, -0.05) is 10.4 Å². The second-order valence-corrected chi connectivity index (χ2v) is 5.24. The molecule has 22 heavy (non-hydrogen) atoms. The van der Waals surface area contributed by atoms with Crippen LogP contribution in [0.1, 0.15) is 19.9 Å². The molecule has 0 saturated heterocycles. The highest BCUT2D eigenvalue weighted by molar-refractivity contribution is 5.79. The Balaban J connectivity index is 1.75. The number of aromatic nitrogens is 7. The molecule has 0 spiro atoms. The summed E-state index contributed by atoms with van der Waals surface area (Å²) in [4.78, 5) is 4.38. The van der Waals surface area contributed by atoms with Crippen molar-refractivity contribution in [2.75, 3.05) is 0 Å². The van der Waals surface area contributed by atoms with E-state index in [1.54, 1.807) is 12.4 Å². The van der Waals surface area contributed by atoms with Gasteiger partial charge in [-0.2, -0.15) is 10.1 Å². The van der Waals surface area contributed by atoms with Crippen LogP contribution in [0.3, 0.4) is 0 Å². The van der Waals surface area contributed by atoms with Gasteiger partial charge < -0.3 is 4.52 Å². The van der Waals surface area contributed by atoms with E-state index in [0.717, 1.165) is 22.2 Å². The highest BCUT2D eigenvalue weighted by Gasteiger charge is 2.14. The van der Waals surface area contributed by atoms with E-state index in [4.69, 9.17) is 4.52 Å². The zero-order valence-electron chi connectivity index (χ0n) is 12.1. The molecule has 0 aliphatic carbocycles. The molecule has 8 nitrogen and oxygen atoms in total. The molecule has 0 fully saturated rings. The van der Waals surface area contributed by atoms with Gasteiger partial charge in [0, 0.05) is 17.8 Å². The molecule has 1 N–H and O–H groups in total. The molecular weight excluding hydrogens is 282 g/mol. The normalized spacial score (nSPS) is 11.6. The molecule has 8 heteroatoms. The van der Waals surface area contributed by atoms with E-state index in [-0.39, 0.29) is 6.04 Å². The minimum atomic E-state index is 0.256. The van der Waals surface area contributed by atoms with E-state index in [1.807, 2.05) is 22.9 Å². The molecule has 3 heterocycles. The zero-order valence-corrected chi connectivity index (χ0v) is 12.1. The topological polar surface area (TPSA) is 98.3 Å².